The number of hydrogen-bond donors (Lipinski definition) is 2. The molecule has 0 radical (unpaired) electrons. The molecule has 2 fully saturated rings. The van der Waals surface area contributed by atoms with Crippen LogP contribution >= 0.6 is 0 Å². The average Bonchev–Trinajstić information content (AvgIpc) is 2.97. The first-order valence-electron chi connectivity index (χ1n) is 18.6. The maximum absolute atomic E-state index is 12.7. The van der Waals surface area contributed by atoms with E-state index in [1.165, 1.54) is 33.4 Å². The van der Waals surface area contributed by atoms with Gasteiger partial charge < -0.3 is 10.2 Å². The fourth-order valence-corrected chi connectivity index (χ4v) is 12.4. The number of fused-ring (bicyclic) bond motifs is 5. The SMILES string of the molecule is CC(C)c1cc2c(cc1CC1=CC3=C(CCC4C(C)(C(=O)O)CCCC34C)C(C)C1C(C)C)C1(C)CCCC(C)(C(=O)O)C1CC2. The summed E-state index contributed by atoms with van der Waals surface area (Å²) in [5, 5.41) is 20.9. The van der Waals surface area contributed by atoms with Crippen molar-refractivity contribution in [2.75, 3.05) is 0 Å². The Morgan fingerprint density at radius 3 is 1.96 bits per heavy atom. The van der Waals surface area contributed by atoms with Gasteiger partial charge in [0.2, 0.25) is 0 Å². The first-order valence-corrected chi connectivity index (χ1v) is 18.6. The van der Waals surface area contributed by atoms with Gasteiger partial charge in [0, 0.05) is 0 Å². The summed E-state index contributed by atoms with van der Waals surface area (Å²) in [5.74, 6) is 0.874. The molecule has 8 atom stereocenters. The summed E-state index contributed by atoms with van der Waals surface area (Å²) in [6.45, 7) is 20.7. The molecule has 5 aliphatic carbocycles. The third kappa shape index (κ3) is 4.80. The molecule has 0 amide bonds. The van der Waals surface area contributed by atoms with Crippen molar-refractivity contribution in [3.05, 3.63) is 57.2 Å². The summed E-state index contributed by atoms with van der Waals surface area (Å²) < 4.78 is 0. The van der Waals surface area contributed by atoms with E-state index in [-0.39, 0.29) is 22.7 Å². The van der Waals surface area contributed by atoms with Gasteiger partial charge >= 0.3 is 11.9 Å². The lowest BCUT2D eigenvalue weighted by atomic mass is 9.47. The molecule has 4 nitrogen and oxygen atoms in total. The van der Waals surface area contributed by atoms with Gasteiger partial charge in [-0.05, 0) is 146 Å². The van der Waals surface area contributed by atoms with Crippen LogP contribution in [0.3, 0.4) is 0 Å². The maximum Gasteiger partial charge on any atom is 0.309 e. The second-order valence-corrected chi connectivity index (χ2v) is 17.9. The first-order chi connectivity index (χ1) is 21.5. The van der Waals surface area contributed by atoms with Crippen LogP contribution < -0.4 is 0 Å². The van der Waals surface area contributed by atoms with Crippen LogP contribution in [0.15, 0.2) is 34.9 Å². The molecule has 0 saturated heterocycles. The Balaban J connectivity index is 1.47. The molecule has 6 rings (SSSR count). The lowest BCUT2D eigenvalue weighted by molar-refractivity contribution is -0.159. The highest BCUT2D eigenvalue weighted by Gasteiger charge is 2.57. The van der Waals surface area contributed by atoms with Gasteiger partial charge in [-0.3, -0.25) is 9.59 Å². The molecular formula is C42H60O4. The van der Waals surface area contributed by atoms with Crippen molar-refractivity contribution in [1.29, 1.82) is 0 Å². The quantitative estimate of drug-likeness (QED) is 0.329. The smallest absolute Gasteiger partial charge is 0.309 e. The van der Waals surface area contributed by atoms with E-state index in [0.717, 1.165) is 70.6 Å². The van der Waals surface area contributed by atoms with Gasteiger partial charge in [0.05, 0.1) is 10.8 Å². The second-order valence-electron chi connectivity index (χ2n) is 17.9. The van der Waals surface area contributed by atoms with Gasteiger partial charge in [0.1, 0.15) is 0 Å². The summed E-state index contributed by atoms with van der Waals surface area (Å²) >= 11 is 0. The normalized spacial score (nSPS) is 38.9. The lowest BCUT2D eigenvalue weighted by Crippen LogP contribution is -2.52. The molecule has 2 N–H and O–H groups in total. The number of aryl methyl sites for hydroxylation is 1. The highest BCUT2D eigenvalue weighted by Crippen LogP contribution is 2.63. The minimum Gasteiger partial charge on any atom is -0.481 e. The summed E-state index contributed by atoms with van der Waals surface area (Å²) in [7, 11) is 0. The van der Waals surface area contributed by atoms with Crippen LogP contribution in [0.2, 0.25) is 0 Å². The molecule has 0 heterocycles. The topological polar surface area (TPSA) is 74.6 Å². The van der Waals surface area contributed by atoms with E-state index in [0.29, 0.717) is 23.7 Å². The summed E-state index contributed by atoms with van der Waals surface area (Å²) in [6.07, 6.45) is 13.0. The number of rotatable bonds is 6. The van der Waals surface area contributed by atoms with Crippen LogP contribution in [0.1, 0.15) is 148 Å². The molecule has 0 spiro atoms. The Labute approximate surface area is 278 Å². The molecule has 1 aromatic rings. The lowest BCUT2D eigenvalue weighted by Gasteiger charge is -2.56. The van der Waals surface area contributed by atoms with Crippen molar-refractivity contribution in [3.8, 4) is 0 Å². The predicted molar refractivity (Wildman–Crippen MR) is 186 cm³/mol. The zero-order valence-electron chi connectivity index (χ0n) is 30.2. The Kier molecular flexibility index (Phi) is 8.29. The number of carbonyl (C=O) groups is 2. The third-order valence-electron chi connectivity index (χ3n) is 14.8. The number of benzene rings is 1. The van der Waals surface area contributed by atoms with Crippen LogP contribution in [0.4, 0.5) is 0 Å². The van der Waals surface area contributed by atoms with E-state index in [4.69, 9.17) is 0 Å². The molecule has 0 bridgehead atoms. The number of allylic oxidation sites excluding steroid dienone is 4. The van der Waals surface area contributed by atoms with Gasteiger partial charge in [-0.25, -0.2) is 0 Å². The van der Waals surface area contributed by atoms with Crippen LogP contribution in [-0.4, -0.2) is 22.2 Å². The average molecular weight is 629 g/mol. The Morgan fingerprint density at radius 1 is 0.826 bits per heavy atom. The highest BCUT2D eigenvalue weighted by atomic mass is 16.4. The van der Waals surface area contributed by atoms with E-state index < -0.39 is 22.8 Å². The van der Waals surface area contributed by atoms with Crippen LogP contribution in [-0.2, 0) is 27.8 Å². The van der Waals surface area contributed by atoms with Crippen molar-refractivity contribution in [2.24, 2.45) is 45.8 Å². The number of carboxylic acid groups (broad SMARTS) is 2. The van der Waals surface area contributed by atoms with Gasteiger partial charge in [-0.2, -0.15) is 0 Å². The van der Waals surface area contributed by atoms with Gasteiger partial charge in [0.25, 0.3) is 0 Å². The standard InChI is InChI=1S/C42H60O4/c1-24(2)31-21-27-12-14-34-39(6,16-10-18-41(34,8)37(43)44)32(27)22-28(31)20-29-23-33-30(26(5)36(29)25(3)4)13-15-35-40(33,7)17-11-19-42(35,9)38(45)46/h21-26,34-36H,10-20H2,1-9H3,(H,43,44)(H,45,46). The zero-order valence-corrected chi connectivity index (χ0v) is 30.2. The van der Waals surface area contributed by atoms with Crippen LogP contribution in [0, 0.1) is 45.8 Å². The van der Waals surface area contributed by atoms with Crippen molar-refractivity contribution in [3.63, 3.8) is 0 Å². The van der Waals surface area contributed by atoms with Crippen molar-refractivity contribution in [1.82, 2.24) is 0 Å². The van der Waals surface area contributed by atoms with E-state index in [9.17, 15) is 19.8 Å². The molecule has 4 heteroatoms. The minimum absolute atomic E-state index is 0.110. The molecule has 0 aliphatic heterocycles. The molecule has 1 aromatic carbocycles. The molecule has 5 aliphatic rings. The molecule has 2 saturated carbocycles. The van der Waals surface area contributed by atoms with Gasteiger partial charge in [0.15, 0.2) is 0 Å². The molecular weight excluding hydrogens is 568 g/mol. The minimum atomic E-state index is -0.675. The number of hydrogen-bond acceptors (Lipinski definition) is 2. The first kappa shape index (κ1) is 33.5. The summed E-state index contributed by atoms with van der Waals surface area (Å²) in [6, 6.07) is 5.04. The number of carboxylic acids is 2. The van der Waals surface area contributed by atoms with Crippen LogP contribution in [0.5, 0.6) is 0 Å². The largest absolute Gasteiger partial charge is 0.481 e. The monoisotopic (exact) mass is 628 g/mol. The number of aliphatic carboxylic acids is 2. The van der Waals surface area contributed by atoms with Crippen molar-refractivity contribution < 1.29 is 19.8 Å². The summed E-state index contributed by atoms with van der Waals surface area (Å²) in [5.41, 5.74) is 8.71. The Bertz CT molecular complexity index is 1490. The zero-order chi connectivity index (χ0) is 33.6. The molecule has 252 valence electrons. The fourth-order valence-electron chi connectivity index (χ4n) is 12.4. The van der Waals surface area contributed by atoms with E-state index in [2.05, 4.69) is 66.7 Å². The Hall–Kier alpha value is -2.36. The van der Waals surface area contributed by atoms with Crippen molar-refractivity contribution >= 4 is 11.9 Å². The van der Waals surface area contributed by atoms with Gasteiger partial charge in [-0.15, -0.1) is 0 Å². The third-order valence-corrected chi connectivity index (χ3v) is 14.8. The Morgan fingerprint density at radius 2 is 1.39 bits per heavy atom. The van der Waals surface area contributed by atoms with Gasteiger partial charge in [-0.1, -0.05) is 90.7 Å². The van der Waals surface area contributed by atoms with Crippen molar-refractivity contribution in [2.45, 2.75) is 144 Å². The predicted octanol–water partition coefficient (Wildman–Crippen LogP) is 10.3. The summed E-state index contributed by atoms with van der Waals surface area (Å²) in [4.78, 5) is 25.4. The van der Waals surface area contributed by atoms with E-state index in [1.807, 2.05) is 13.8 Å². The maximum atomic E-state index is 12.7. The second kappa shape index (κ2) is 11.4. The van der Waals surface area contributed by atoms with E-state index >= 15 is 0 Å². The van der Waals surface area contributed by atoms with Crippen LogP contribution in [0.25, 0.3) is 0 Å². The highest BCUT2D eigenvalue weighted by molar-refractivity contribution is 5.76. The molecule has 0 aromatic heterocycles. The molecule has 8 unspecified atom stereocenters. The fraction of sp³-hybridized carbons (Fsp3) is 0.714. The molecule has 46 heavy (non-hydrogen) atoms. The van der Waals surface area contributed by atoms with E-state index in [1.54, 1.807) is 5.57 Å².